The van der Waals surface area contributed by atoms with Crippen LogP contribution in [-0.2, 0) is 6.42 Å². The second-order valence-electron chi connectivity index (χ2n) is 8.46. The number of halogens is 2. The molecule has 0 spiro atoms. The van der Waals surface area contributed by atoms with Crippen molar-refractivity contribution in [2.75, 3.05) is 0 Å². The van der Waals surface area contributed by atoms with E-state index in [1.54, 1.807) is 17.0 Å². The van der Waals surface area contributed by atoms with Crippen molar-refractivity contribution < 1.29 is 18.1 Å². The van der Waals surface area contributed by atoms with E-state index in [4.69, 9.17) is 4.52 Å². The Balaban J connectivity index is 1.55. The molecule has 6 rings (SSSR count). The van der Waals surface area contributed by atoms with E-state index < -0.39 is 17.4 Å². The van der Waals surface area contributed by atoms with Crippen LogP contribution >= 0.6 is 0 Å². The van der Waals surface area contributed by atoms with Crippen molar-refractivity contribution in [2.24, 2.45) is 0 Å². The van der Waals surface area contributed by atoms with Gasteiger partial charge in [0.25, 0.3) is 0 Å². The molecule has 1 aliphatic heterocycles. The van der Waals surface area contributed by atoms with Crippen LogP contribution in [0.15, 0.2) is 53.3 Å². The Bertz CT molecular complexity index is 1600. The van der Waals surface area contributed by atoms with Gasteiger partial charge in [-0.3, -0.25) is 9.36 Å². The van der Waals surface area contributed by atoms with Gasteiger partial charge in [-0.25, -0.2) is 18.4 Å². The molecule has 0 N–H and O–H groups in total. The van der Waals surface area contributed by atoms with Gasteiger partial charge >= 0.3 is 0 Å². The van der Waals surface area contributed by atoms with Crippen LogP contribution in [0.1, 0.15) is 53.1 Å². The number of rotatable bonds is 4. The lowest BCUT2D eigenvalue weighted by Gasteiger charge is -2.09. The number of ketones is 1. The molecule has 35 heavy (non-hydrogen) atoms. The standard InChI is InChI=1S/C24H17F2N7O2/c1-12(2)24-28-23(30-35-24)21-18-10-19-20(22(34)13-3-5-14(25)6-4-13)29-31-33(19)16-8-7-15(26)9-17(16)32(18)11-27-21/h3-9,11-12H,10H2,1-2H3. The molecule has 5 aromatic rings. The first-order valence-electron chi connectivity index (χ1n) is 10.9. The fourth-order valence-corrected chi connectivity index (χ4v) is 4.10. The summed E-state index contributed by atoms with van der Waals surface area (Å²) in [4.78, 5) is 22.2. The fourth-order valence-electron chi connectivity index (χ4n) is 4.10. The van der Waals surface area contributed by atoms with Gasteiger partial charge in [-0.15, -0.1) is 5.10 Å². The van der Waals surface area contributed by atoms with Crippen molar-refractivity contribution in [3.8, 4) is 22.9 Å². The highest BCUT2D eigenvalue weighted by molar-refractivity contribution is 6.08. The monoisotopic (exact) mass is 473 g/mol. The van der Waals surface area contributed by atoms with Gasteiger partial charge in [0.05, 0.1) is 22.8 Å². The third-order valence-corrected chi connectivity index (χ3v) is 5.86. The molecule has 0 saturated heterocycles. The number of aromatic nitrogens is 7. The summed E-state index contributed by atoms with van der Waals surface area (Å²) in [5.74, 6) is -0.538. The van der Waals surface area contributed by atoms with Crippen LogP contribution in [0, 0.1) is 11.6 Å². The lowest BCUT2D eigenvalue weighted by molar-refractivity contribution is 0.103. The predicted molar refractivity (Wildman–Crippen MR) is 118 cm³/mol. The fraction of sp³-hybridized carbons (Fsp3) is 0.167. The minimum absolute atomic E-state index is 0.0258. The number of carbonyl (C=O) groups excluding carboxylic acids is 1. The second-order valence-corrected chi connectivity index (χ2v) is 8.46. The largest absolute Gasteiger partial charge is 0.339 e. The van der Waals surface area contributed by atoms with Crippen LogP contribution in [0.3, 0.4) is 0 Å². The number of hydrogen-bond acceptors (Lipinski definition) is 7. The van der Waals surface area contributed by atoms with Crippen molar-refractivity contribution in [2.45, 2.75) is 26.2 Å². The van der Waals surface area contributed by atoms with Crippen LogP contribution in [0.5, 0.6) is 0 Å². The summed E-state index contributed by atoms with van der Waals surface area (Å²) in [6.07, 6.45) is 1.72. The molecular formula is C24H17F2N7O2. The number of benzene rings is 2. The van der Waals surface area contributed by atoms with Crippen LogP contribution in [0.2, 0.25) is 0 Å². The molecular weight excluding hydrogens is 456 g/mol. The van der Waals surface area contributed by atoms with Gasteiger partial charge < -0.3 is 4.52 Å². The number of imidazole rings is 1. The number of carbonyl (C=O) groups is 1. The van der Waals surface area contributed by atoms with Crippen LogP contribution in [0.25, 0.3) is 22.9 Å². The molecule has 4 heterocycles. The molecule has 0 amide bonds. The number of fused-ring (bicyclic) bond motifs is 5. The van der Waals surface area contributed by atoms with E-state index in [1.807, 2.05) is 13.8 Å². The summed E-state index contributed by atoms with van der Waals surface area (Å²) in [6, 6.07) is 9.44. The lowest BCUT2D eigenvalue weighted by Crippen LogP contribution is -2.09. The molecule has 3 aromatic heterocycles. The van der Waals surface area contributed by atoms with E-state index in [0.717, 1.165) is 0 Å². The highest BCUT2D eigenvalue weighted by Gasteiger charge is 2.31. The quantitative estimate of drug-likeness (QED) is 0.356. The van der Waals surface area contributed by atoms with Gasteiger partial charge in [0.15, 0.2) is 5.69 Å². The second kappa shape index (κ2) is 7.76. The van der Waals surface area contributed by atoms with Crippen molar-refractivity contribution in [3.63, 3.8) is 0 Å². The maximum Gasteiger partial charge on any atom is 0.229 e. The Morgan fingerprint density at radius 3 is 2.54 bits per heavy atom. The molecule has 9 nitrogen and oxygen atoms in total. The van der Waals surface area contributed by atoms with Gasteiger partial charge in [-0.1, -0.05) is 24.2 Å². The summed E-state index contributed by atoms with van der Waals surface area (Å²) < 4.78 is 36.3. The zero-order chi connectivity index (χ0) is 24.3. The molecule has 2 aromatic carbocycles. The lowest BCUT2D eigenvalue weighted by atomic mass is 10.0. The zero-order valence-electron chi connectivity index (χ0n) is 18.6. The summed E-state index contributed by atoms with van der Waals surface area (Å²) in [5.41, 5.74) is 2.88. The molecule has 0 saturated carbocycles. The summed E-state index contributed by atoms with van der Waals surface area (Å²) >= 11 is 0. The Morgan fingerprint density at radius 2 is 1.80 bits per heavy atom. The minimum Gasteiger partial charge on any atom is -0.339 e. The molecule has 1 aliphatic rings. The molecule has 0 bridgehead atoms. The maximum atomic E-state index is 14.3. The highest BCUT2D eigenvalue weighted by Crippen LogP contribution is 2.34. The van der Waals surface area contributed by atoms with Crippen LogP contribution < -0.4 is 0 Å². The molecule has 174 valence electrons. The van der Waals surface area contributed by atoms with E-state index in [9.17, 15) is 13.6 Å². The van der Waals surface area contributed by atoms with Crippen molar-refractivity contribution in [3.05, 3.63) is 89.0 Å². The van der Waals surface area contributed by atoms with E-state index in [-0.39, 0.29) is 29.4 Å². The SMILES string of the molecule is CC(C)c1nc(-c2ncn3c2Cc2c(C(=O)c4ccc(F)cc4)nnn2-c2ccc(F)cc2-3)no1. The van der Waals surface area contributed by atoms with Crippen molar-refractivity contribution in [1.29, 1.82) is 0 Å². The van der Waals surface area contributed by atoms with E-state index in [0.29, 0.717) is 34.3 Å². The summed E-state index contributed by atoms with van der Waals surface area (Å²) in [6.45, 7) is 3.86. The Morgan fingerprint density at radius 1 is 1.03 bits per heavy atom. The maximum absolute atomic E-state index is 14.3. The average Bonchev–Trinajstić information content (AvgIpc) is 3.57. The van der Waals surface area contributed by atoms with Crippen molar-refractivity contribution in [1.82, 2.24) is 34.7 Å². The third-order valence-electron chi connectivity index (χ3n) is 5.86. The number of hydrogen-bond donors (Lipinski definition) is 0. The molecule has 0 fully saturated rings. The van der Waals surface area contributed by atoms with Gasteiger partial charge in [-0.2, -0.15) is 4.98 Å². The van der Waals surface area contributed by atoms with Gasteiger partial charge in [-0.05, 0) is 36.4 Å². The van der Waals surface area contributed by atoms with E-state index in [1.165, 1.54) is 41.1 Å². The molecule has 0 unspecified atom stereocenters. The van der Waals surface area contributed by atoms with Crippen molar-refractivity contribution >= 4 is 5.78 Å². The van der Waals surface area contributed by atoms with E-state index >= 15 is 0 Å². The van der Waals surface area contributed by atoms with Gasteiger partial charge in [0.1, 0.15) is 23.7 Å². The summed E-state index contributed by atoms with van der Waals surface area (Å²) in [7, 11) is 0. The minimum atomic E-state index is -0.450. The topological polar surface area (TPSA) is 105 Å². The molecule has 11 heteroatoms. The van der Waals surface area contributed by atoms with Crippen LogP contribution in [-0.4, -0.2) is 40.5 Å². The number of nitrogens with zero attached hydrogens (tertiary/aromatic N) is 7. The zero-order valence-corrected chi connectivity index (χ0v) is 18.6. The smallest absolute Gasteiger partial charge is 0.229 e. The highest BCUT2D eigenvalue weighted by atomic mass is 19.1. The normalized spacial score (nSPS) is 12.3. The Kier molecular flexibility index (Phi) is 4.66. The molecule has 0 radical (unpaired) electrons. The van der Waals surface area contributed by atoms with E-state index in [2.05, 4.69) is 25.4 Å². The summed E-state index contributed by atoms with van der Waals surface area (Å²) in [5, 5.41) is 12.4. The Hall–Kier alpha value is -4.54. The first-order chi connectivity index (χ1) is 16.9. The molecule has 0 atom stereocenters. The van der Waals surface area contributed by atoms with Gasteiger partial charge in [0, 0.05) is 24.0 Å². The first kappa shape index (κ1) is 21.0. The third kappa shape index (κ3) is 3.35. The average molecular weight is 473 g/mol. The van der Waals surface area contributed by atoms with Gasteiger partial charge in [0.2, 0.25) is 17.5 Å². The molecule has 0 aliphatic carbocycles. The first-order valence-corrected chi connectivity index (χ1v) is 10.9. The predicted octanol–water partition coefficient (Wildman–Crippen LogP) is 4.04. The Labute approximate surface area is 197 Å². The van der Waals surface area contributed by atoms with Crippen LogP contribution in [0.4, 0.5) is 8.78 Å².